The molecule has 0 heterocycles. The van der Waals surface area contributed by atoms with Crippen molar-refractivity contribution in [1.82, 2.24) is 10.6 Å². The summed E-state index contributed by atoms with van der Waals surface area (Å²) in [6, 6.07) is 18.7. The van der Waals surface area contributed by atoms with Crippen molar-refractivity contribution in [3.63, 3.8) is 0 Å². The normalized spacial score (nSPS) is 12.8. The van der Waals surface area contributed by atoms with Gasteiger partial charge < -0.3 is 20.1 Å². The summed E-state index contributed by atoms with van der Waals surface area (Å²) in [6.45, 7) is 7.42. The highest BCUT2D eigenvalue weighted by Gasteiger charge is 2.22. The smallest absolute Gasteiger partial charge is 0.407 e. The Hall–Kier alpha value is -3.35. The second kappa shape index (κ2) is 12.6. The molecular weight excluding hydrogens is 420 g/mol. The number of amides is 2. The summed E-state index contributed by atoms with van der Waals surface area (Å²) < 4.78 is 10.6. The fraction of sp³-hybridized carbons (Fsp3) is 0.423. The fourth-order valence-corrected chi connectivity index (χ4v) is 3.08. The molecule has 2 rings (SSSR count). The lowest BCUT2D eigenvalue weighted by atomic mass is 10.0. The molecule has 0 radical (unpaired) electrons. The topological polar surface area (TPSA) is 93.7 Å². The molecule has 33 heavy (non-hydrogen) atoms. The highest BCUT2D eigenvalue weighted by Crippen LogP contribution is 2.10. The van der Waals surface area contributed by atoms with Crippen LogP contribution in [0.3, 0.4) is 0 Å². The van der Waals surface area contributed by atoms with Crippen LogP contribution in [0.2, 0.25) is 0 Å². The summed E-state index contributed by atoms with van der Waals surface area (Å²) in [5.74, 6) is -1.28. The SMILES string of the molecule is C[C@@H](CC(=O)OCc1ccccc1)C(=O)NC[C@H](Cc1ccccc1)NC(=O)OC(C)(C)C. The van der Waals surface area contributed by atoms with Gasteiger partial charge in [0.15, 0.2) is 0 Å². The van der Waals surface area contributed by atoms with E-state index in [9.17, 15) is 14.4 Å². The minimum atomic E-state index is -0.626. The molecule has 2 aromatic carbocycles. The molecule has 0 aliphatic rings. The molecule has 0 saturated heterocycles. The lowest BCUT2D eigenvalue weighted by Gasteiger charge is -2.24. The summed E-state index contributed by atoms with van der Waals surface area (Å²) >= 11 is 0. The average Bonchev–Trinajstić information content (AvgIpc) is 2.76. The zero-order chi connectivity index (χ0) is 24.3. The Labute approximate surface area is 195 Å². The molecule has 2 aromatic rings. The minimum absolute atomic E-state index is 0.0263. The fourth-order valence-electron chi connectivity index (χ4n) is 3.08. The van der Waals surface area contributed by atoms with Crippen LogP contribution in [0.15, 0.2) is 60.7 Å². The molecule has 2 atom stereocenters. The van der Waals surface area contributed by atoms with Crippen molar-refractivity contribution < 1.29 is 23.9 Å². The van der Waals surface area contributed by atoms with E-state index in [2.05, 4.69) is 10.6 Å². The van der Waals surface area contributed by atoms with E-state index < -0.39 is 23.6 Å². The Morgan fingerprint density at radius 2 is 1.48 bits per heavy atom. The number of rotatable bonds is 10. The maximum absolute atomic E-state index is 12.6. The Bertz CT molecular complexity index is 894. The summed E-state index contributed by atoms with van der Waals surface area (Å²) in [5.41, 5.74) is 1.28. The third-order valence-corrected chi connectivity index (χ3v) is 4.73. The summed E-state index contributed by atoms with van der Waals surface area (Å²) in [7, 11) is 0. The van der Waals surface area contributed by atoms with Gasteiger partial charge in [-0.15, -0.1) is 0 Å². The molecule has 0 aromatic heterocycles. The Balaban J connectivity index is 1.86. The number of esters is 1. The van der Waals surface area contributed by atoms with Crippen LogP contribution in [-0.4, -0.2) is 36.2 Å². The van der Waals surface area contributed by atoms with Gasteiger partial charge in [0, 0.05) is 12.5 Å². The summed E-state index contributed by atoms with van der Waals surface area (Å²) in [5, 5.41) is 5.66. The predicted molar refractivity (Wildman–Crippen MR) is 126 cm³/mol. The molecule has 7 nitrogen and oxygen atoms in total. The minimum Gasteiger partial charge on any atom is -0.461 e. The molecule has 0 fully saturated rings. The Morgan fingerprint density at radius 3 is 2.06 bits per heavy atom. The zero-order valence-electron chi connectivity index (χ0n) is 19.8. The third-order valence-electron chi connectivity index (χ3n) is 4.73. The monoisotopic (exact) mass is 454 g/mol. The first kappa shape index (κ1) is 25.9. The van der Waals surface area contributed by atoms with Gasteiger partial charge in [0.1, 0.15) is 12.2 Å². The van der Waals surface area contributed by atoms with Crippen LogP contribution in [-0.2, 0) is 32.1 Å². The van der Waals surface area contributed by atoms with Gasteiger partial charge in [-0.25, -0.2) is 4.79 Å². The number of carbonyl (C=O) groups excluding carboxylic acids is 3. The number of hydrogen-bond donors (Lipinski definition) is 2. The molecule has 178 valence electrons. The van der Waals surface area contributed by atoms with Crippen LogP contribution in [0.1, 0.15) is 45.2 Å². The van der Waals surface area contributed by atoms with Crippen LogP contribution in [0.25, 0.3) is 0 Å². The van der Waals surface area contributed by atoms with Crippen molar-refractivity contribution in [3.05, 3.63) is 71.8 Å². The zero-order valence-corrected chi connectivity index (χ0v) is 19.8. The van der Waals surface area contributed by atoms with E-state index >= 15 is 0 Å². The van der Waals surface area contributed by atoms with Gasteiger partial charge in [-0.05, 0) is 38.3 Å². The predicted octanol–water partition coefficient (Wildman–Crippen LogP) is 4.01. The van der Waals surface area contributed by atoms with E-state index in [-0.39, 0.29) is 31.5 Å². The molecule has 7 heteroatoms. The molecule has 0 bridgehead atoms. The van der Waals surface area contributed by atoms with Crippen molar-refractivity contribution in [2.24, 2.45) is 5.92 Å². The first-order chi connectivity index (χ1) is 15.6. The molecule has 0 aliphatic heterocycles. The van der Waals surface area contributed by atoms with Crippen LogP contribution < -0.4 is 10.6 Å². The number of hydrogen-bond acceptors (Lipinski definition) is 5. The second-order valence-electron chi connectivity index (χ2n) is 9.03. The second-order valence-corrected chi connectivity index (χ2v) is 9.03. The molecule has 0 saturated carbocycles. The van der Waals surface area contributed by atoms with Crippen molar-refractivity contribution >= 4 is 18.0 Å². The first-order valence-corrected chi connectivity index (χ1v) is 11.1. The quantitative estimate of drug-likeness (QED) is 0.529. The van der Waals surface area contributed by atoms with E-state index in [0.717, 1.165) is 11.1 Å². The van der Waals surface area contributed by atoms with Gasteiger partial charge in [-0.1, -0.05) is 67.6 Å². The van der Waals surface area contributed by atoms with E-state index in [1.807, 2.05) is 60.7 Å². The number of alkyl carbamates (subject to hydrolysis) is 1. The van der Waals surface area contributed by atoms with Gasteiger partial charge in [0.05, 0.1) is 12.5 Å². The third kappa shape index (κ3) is 10.7. The van der Waals surface area contributed by atoms with Crippen molar-refractivity contribution in [3.8, 4) is 0 Å². The van der Waals surface area contributed by atoms with Crippen LogP contribution in [0, 0.1) is 5.92 Å². The van der Waals surface area contributed by atoms with Crippen molar-refractivity contribution in [2.45, 2.75) is 58.8 Å². The van der Waals surface area contributed by atoms with Gasteiger partial charge in [0.2, 0.25) is 5.91 Å². The van der Waals surface area contributed by atoms with Gasteiger partial charge in [-0.3, -0.25) is 9.59 Å². The van der Waals surface area contributed by atoms with Crippen molar-refractivity contribution in [1.29, 1.82) is 0 Å². The Morgan fingerprint density at radius 1 is 0.909 bits per heavy atom. The summed E-state index contributed by atoms with van der Waals surface area (Å²) in [6.07, 6.45) is -0.0507. The number of ether oxygens (including phenoxy) is 2. The number of nitrogens with one attached hydrogen (secondary N) is 2. The highest BCUT2D eigenvalue weighted by atomic mass is 16.6. The van der Waals surface area contributed by atoms with Crippen molar-refractivity contribution in [2.75, 3.05) is 6.54 Å². The maximum Gasteiger partial charge on any atom is 0.407 e. The number of carbonyl (C=O) groups is 3. The standard InChI is InChI=1S/C26H34N2O5/c1-19(15-23(29)32-18-21-13-9-6-10-14-21)24(30)27-17-22(16-20-11-7-5-8-12-20)28-25(31)33-26(2,3)4/h5-14,19,22H,15-18H2,1-4H3,(H,27,30)(H,28,31)/t19-,22-/m0/s1. The lowest BCUT2D eigenvalue weighted by Crippen LogP contribution is -2.47. The average molecular weight is 455 g/mol. The van der Waals surface area contributed by atoms with E-state index in [1.54, 1.807) is 27.7 Å². The highest BCUT2D eigenvalue weighted by molar-refractivity contribution is 5.83. The number of benzene rings is 2. The molecule has 2 amide bonds. The van der Waals surface area contributed by atoms with Crippen LogP contribution >= 0.6 is 0 Å². The van der Waals surface area contributed by atoms with Gasteiger partial charge >= 0.3 is 12.1 Å². The molecular formula is C26H34N2O5. The summed E-state index contributed by atoms with van der Waals surface area (Å²) in [4.78, 5) is 36.9. The largest absolute Gasteiger partial charge is 0.461 e. The molecule has 0 aliphatic carbocycles. The van der Waals surface area contributed by atoms with E-state index in [0.29, 0.717) is 6.42 Å². The molecule has 0 spiro atoms. The maximum atomic E-state index is 12.6. The van der Waals surface area contributed by atoms with Crippen LogP contribution in [0.5, 0.6) is 0 Å². The van der Waals surface area contributed by atoms with Gasteiger partial charge in [0.25, 0.3) is 0 Å². The van der Waals surface area contributed by atoms with Crippen LogP contribution in [0.4, 0.5) is 4.79 Å². The van der Waals surface area contributed by atoms with E-state index in [4.69, 9.17) is 9.47 Å². The first-order valence-electron chi connectivity index (χ1n) is 11.1. The molecule has 0 unspecified atom stereocenters. The van der Waals surface area contributed by atoms with Gasteiger partial charge in [-0.2, -0.15) is 0 Å². The Kier molecular flexibility index (Phi) is 9.91. The molecule has 2 N–H and O–H groups in total. The lowest BCUT2D eigenvalue weighted by molar-refractivity contribution is -0.147. The van der Waals surface area contributed by atoms with E-state index in [1.165, 1.54) is 0 Å².